The van der Waals surface area contributed by atoms with Gasteiger partial charge in [-0.1, -0.05) is 12.1 Å². The summed E-state index contributed by atoms with van der Waals surface area (Å²) in [5.74, 6) is 0.123. The highest BCUT2D eigenvalue weighted by Crippen LogP contribution is 2.36. The smallest absolute Gasteiger partial charge is 0.383 e. The Kier molecular flexibility index (Phi) is 6.22. The van der Waals surface area contributed by atoms with Gasteiger partial charge < -0.3 is 15.2 Å². The molecule has 1 aliphatic heterocycles. The number of anilines is 1. The lowest BCUT2D eigenvalue weighted by atomic mass is 9.97. The fourth-order valence-corrected chi connectivity index (χ4v) is 3.79. The number of hydrogen-bond acceptors (Lipinski definition) is 8. The van der Waals surface area contributed by atoms with Gasteiger partial charge in [0, 0.05) is 36.9 Å². The Bertz CT molecular complexity index is 1270. The molecule has 2 aromatic heterocycles. The molecule has 1 aromatic carbocycles. The maximum absolute atomic E-state index is 13.0. The minimum absolute atomic E-state index is 0.116. The van der Waals surface area contributed by atoms with E-state index in [1.165, 1.54) is 12.4 Å². The maximum Gasteiger partial charge on any atom is 0.416 e. The molecule has 0 saturated carbocycles. The molecule has 3 heterocycles. The molecule has 0 spiro atoms. The molecule has 11 heteroatoms. The van der Waals surface area contributed by atoms with Crippen LogP contribution < -0.4 is 5.73 Å². The summed E-state index contributed by atoms with van der Waals surface area (Å²) in [6, 6.07) is 5.13. The first-order chi connectivity index (χ1) is 16.0. The van der Waals surface area contributed by atoms with Gasteiger partial charge in [0.2, 0.25) is 0 Å². The molecule has 4 rings (SSSR count). The normalized spacial score (nSPS) is 14.3. The number of carbonyl (C=O) groups is 1. The summed E-state index contributed by atoms with van der Waals surface area (Å²) in [5.41, 5.74) is 8.06. The molecule has 2 N–H and O–H groups in total. The number of halogens is 3. The zero-order valence-electron chi connectivity index (χ0n) is 18.8. The van der Waals surface area contributed by atoms with E-state index >= 15 is 0 Å². The molecule has 1 atom stereocenters. The largest absolute Gasteiger partial charge is 0.416 e. The summed E-state index contributed by atoms with van der Waals surface area (Å²) >= 11 is 0. The number of nitrogens with zero attached hydrogens (tertiary/aromatic N) is 5. The topological polar surface area (TPSA) is 110 Å². The zero-order valence-corrected chi connectivity index (χ0v) is 18.8. The molecule has 178 valence electrons. The van der Waals surface area contributed by atoms with Gasteiger partial charge in [-0.25, -0.2) is 15.0 Å². The molecule has 8 nitrogen and oxygen atoms in total. The van der Waals surface area contributed by atoms with Gasteiger partial charge in [0.1, 0.15) is 17.8 Å². The molecular formula is C23H23F3N6O2. The lowest BCUT2D eigenvalue weighted by molar-refractivity contribution is -0.137. The van der Waals surface area contributed by atoms with Crippen molar-refractivity contribution in [3.05, 3.63) is 64.4 Å². The Hall–Kier alpha value is -3.60. The summed E-state index contributed by atoms with van der Waals surface area (Å²) in [6.45, 7) is 2.25. The molecule has 34 heavy (non-hydrogen) atoms. The number of nitrogen functional groups attached to an aromatic ring is 1. The molecule has 1 aliphatic rings. The number of Topliss-reactive ketones (excluding diaryl/α,β-unsaturated/α-hetero) is 1. The number of hydrogen-bond donors (Lipinski definition) is 1. The van der Waals surface area contributed by atoms with Crippen LogP contribution >= 0.6 is 0 Å². The molecule has 0 aliphatic carbocycles. The second kappa shape index (κ2) is 8.98. The average Bonchev–Trinajstić information content (AvgIpc) is 3.40. The van der Waals surface area contributed by atoms with Crippen LogP contribution in [0.2, 0.25) is 0 Å². The van der Waals surface area contributed by atoms with Gasteiger partial charge in [-0.15, -0.1) is 0 Å². The first kappa shape index (κ1) is 23.6. The zero-order chi connectivity index (χ0) is 24.6. The third-order valence-electron chi connectivity index (χ3n) is 5.55. The van der Waals surface area contributed by atoms with E-state index in [1.54, 1.807) is 6.07 Å². The molecule has 3 aromatic rings. The molecule has 0 amide bonds. The first-order valence-corrected chi connectivity index (χ1v) is 10.5. The Morgan fingerprint density at radius 2 is 2.00 bits per heavy atom. The van der Waals surface area contributed by atoms with Crippen molar-refractivity contribution in [3.8, 4) is 0 Å². The van der Waals surface area contributed by atoms with E-state index < -0.39 is 11.7 Å². The number of aromatic nitrogens is 3. The van der Waals surface area contributed by atoms with E-state index in [0.717, 1.165) is 12.1 Å². The van der Waals surface area contributed by atoms with Gasteiger partial charge in [-0.05, 0) is 37.9 Å². The van der Waals surface area contributed by atoms with Crippen LogP contribution in [0.1, 0.15) is 57.9 Å². The van der Waals surface area contributed by atoms with E-state index in [9.17, 15) is 18.0 Å². The Labute approximate surface area is 193 Å². The van der Waals surface area contributed by atoms with Crippen molar-refractivity contribution in [3.63, 3.8) is 0 Å². The van der Waals surface area contributed by atoms with Crippen molar-refractivity contribution in [2.45, 2.75) is 38.4 Å². The Morgan fingerprint density at radius 1 is 1.24 bits per heavy atom. The van der Waals surface area contributed by atoms with Gasteiger partial charge in [0.25, 0.3) is 0 Å². The monoisotopic (exact) mass is 472 g/mol. The molecule has 0 radical (unpaired) electrons. The van der Waals surface area contributed by atoms with E-state index in [-0.39, 0.29) is 36.1 Å². The van der Waals surface area contributed by atoms with Crippen LogP contribution in [0.4, 0.5) is 24.7 Å². The molecular weight excluding hydrogens is 449 g/mol. The van der Waals surface area contributed by atoms with Crippen LogP contribution in [-0.4, -0.2) is 45.6 Å². The third-order valence-corrected chi connectivity index (χ3v) is 5.55. The SMILES string of the molecule is C[C@H](CC(=O)c1ncnc(N)c1CN(C)C)c1cc(C2=Nc3ccc(C(F)(F)F)cc3C2)on1. The molecule has 0 bridgehead atoms. The van der Waals surface area contributed by atoms with Crippen LogP contribution in [0.25, 0.3) is 0 Å². The van der Waals surface area contributed by atoms with Crippen LogP contribution in [-0.2, 0) is 19.1 Å². The van der Waals surface area contributed by atoms with Crippen LogP contribution in [0, 0.1) is 0 Å². The number of ketones is 1. The number of aliphatic imine (C=N–C) groups is 1. The number of alkyl halides is 3. The molecule has 0 unspecified atom stereocenters. The van der Waals surface area contributed by atoms with E-state index in [1.807, 2.05) is 25.9 Å². The predicted octanol–water partition coefficient (Wildman–Crippen LogP) is 4.18. The number of carbonyl (C=O) groups excluding carboxylic acids is 1. The summed E-state index contributed by atoms with van der Waals surface area (Å²) in [4.78, 5) is 27.4. The summed E-state index contributed by atoms with van der Waals surface area (Å²) in [7, 11) is 3.71. The highest BCUT2D eigenvalue weighted by molar-refractivity contribution is 6.04. The summed E-state index contributed by atoms with van der Waals surface area (Å²) in [5, 5.41) is 4.06. The van der Waals surface area contributed by atoms with Crippen molar-refractivity contribution in [1.29, 1.82) is 0 Å². The van der Waals surface area contributed by atoms with Gasteiger partial charge >= 0.3 is 6.18 Å². The average molecular weight is 472 g/mol. The lowest BCUT2D eigenvalue weighted by Gasteiger charge is -2.15. The van der Waals surface area contributed by atoms with Crippen LogP contribution in [0.5, 0.6) is 0 Å². The third kappa shape index (κ3) is 4.84. The quantitative estimate of drug-likeness (QED) is 0.514. The van der Waals surface area contributed by atoms with Gasteiger partial charge in [-0.2, -0.15) is 13.2 Å². The van der Waals surface area contributed by atoms with Crippen molar-refractivity contribution in [2.75, 3.05) is 19.8 Å². The van der Waals surface area contributed by atoms with Gasteiger partial charge in [0.15, 0.2) is 11.5 Å². The lowest BCUT2D eigenvalue weighted by Crippen LogP contribution is -2.19. The van der Waals surface area contributed by atoms with Gasteiger partial charge in [0.05, 0.1) is 22.7 Å². The first-order valence-electron chi connectivity index (χ1n) is 10.5. The highest BCUT2D eigenvalue weighted by Gasteiger charge is 2.32. The summed E-state index contributed by atoms with van der Waals surface area (Å²) < 4.78 is 44.4. The standard InChI is InChI=1S/C23H23F3N6O2/c1-12(6-19(33)21-15(10-32(2)3)22(27)29-11-28-21)17-9-20(34-31-17)18-8-13-7-14(23(24,25)26)4-5-16(13)30-18/h4-5,7,9,11-12H,6,8,10H2,1-3H3,(H2,27,28,29)/t12-/m1/s1. The summed E-state index contributed by atoms with van der Waals surface area (Å²) in [6.07, 6.45) is -2.83. The van der Waals surface area contributed by atoms with Crippen LogP contribution in [0.15, 0.2) is 40.1 Å². The predicted molar refractivity (Wildman–Crippen MR) is 119 cm³/mol. The van der Waals surface area contributed by atoms with Crippen molar-refractivity contribution >= 4 is 23.0 Å². The second-order valence-electron chi connectivity index (χ2n) is 8.54. The van der Waals surface area contributed by atoms with Crippen LogP contribution in [0.3, 0.4) is 0 Å². The fourth-order valence-electron chi connectivity index (χ4n) is 3.79. The van der Waals surface area contributed by atoms with Gasteiger partial charge in [-0.3, -0.25) is 4.79 Å². The van der Waals surface area contributed by atoms with E-state index in [2.05, 4.69) is 20.1 Å². The van der Waals surface area contributed by atoms with E-state index in [0.29, 0.717) is 40.5 Å². The van der Waals surface area contributed by atoms with Crippen molar-refractivity contribution < 1.29 is 22.5 Å². The number of fused-ring (bicyclic) bond motifs is 1. The fraction of sp³-hybridized carbons (Fsp3) is 0.348. The molecule has 0 saturated heterocycles. The highest BCUT2D eigenvalue weighted by atomic mass is 19.4. The Morgan fingerprint density at radius 3 is 2.71 bits per heavy atom. The van der Waals surface area contributed by atoms with Crippen molar-refractivity contribution in [1.82, 2.24) is 20.0 Å². The minimum Gasteiger partial charge on any atom is -0.383 e. The van der Waals surface area contributed by atoms with Crippen molar-refractivity contribution in [2.24, 2.45) is 4.99 Å². The molecule has 0 fully saturated rings. The minimum atomic E-state index is -4.42. The number of benzene rings is 1. The maximum atomic E-state index is 13.0. The van der Waals surface area contributed by atoms with E-state index in [4.69, 9.17) is 10.3 Å². The number of rotatable bonds is 7. The number of nitrogens with two attached hydrogens (primary N) is 1. The second-order valence-corrected chi connectivity index (χ2v) is 8.54. The Balaban J connectivity index is 1.48.